The minimum atomic E-state index is -0.586. The molecule has 0 radical (unpaired) electrons. The lowest BCUT2D eigenvalue weighted by Crippen LogP contribution is -2.24. The van der Waals surface area contributed by atoms with Crippen LogP contribution in [-0.2, 0) is 13.6 Å². The van der Waals surface area contributed by atoms with Crippen LogP contribution in [0, 0.1) is 5.82 Å². The van der Waals surface area contributed by atoms with Crippen molar-refractivity contribution in [3.63, 3.8) is 0 Å². The Balaban J connectivity index is 2.08. The van der Waals surface area contributed by atoms with Crippen LogP contribution in [0.2, 0.25) is 0 Å². The number of phenolic OH excluding ortho intramolecular Hbond substituents is 1. The van der Waals surface area contributed by atoms with Gasteiger partial charge in [-0.2, -0.15) is 0 Å². The summed E-state index contributed by atoms with van der Waals surface area (Å²) < 4.78 is 14.6. The first-order chi connectivity index (χ1) is 8.58. The molecule has 0 aliphatic heterocycles. The van der Waals surface area contributed by atoms with E-state index in [0.29, 0.717) is 5.82 Å². The van der Waals surface area contributed by atoms with Crippen LogP contribution in [0.3, 0.4) is 0 Å². The van der Waals surface area contributed by atoms with Crippen molar-refractivity contribution in [3.05, 3.63) is 41.7 Å². The van der Waals surface area contributed by atoms with E-state index in [1.54, 1.807) is 11.6 Å². The van der Waals surface area contributed by atoms with Gasteiger partial charge in [0.25, 0.3) is 5.91 Å². The van der Waals surface area contributed by atoms with Gasteiger partial charge in [-0.3, -0.25) is 4.79 Å². The lowest BCUT2D eigenvalue weighted by Gasteiger charge is -2.06. The number of nitrogens with one attached hydrogen (secondary N) is 1. The maximum absolute atomic E-state index is 13.0. The molecule has 1 heterocycles. The highest BCUT2D eigenvalue weighted by atomic mass is 19.1. The molecule has 2 aromatic rings. The highest BCUT2D eigenvalue weighted by Crippen LogP contribution is 2.17. The minimum absolute atomic E-state index is 0.114. The maximum atomic E-state index is 13.0. The van der Waals surface area contributed by atoms with Crippen molar-refractivity contribution in [3.8, 4) is 5.75 Å². The molecule has 0 saturated heterocycles. The van der Waals surface area contributed by atoms with Crippen LogP contribution in [-0.4, -0.2) is 25.8 Å². The number of aryl methyl sites for hydroxylation is 1. The van der Waals surface area contributed by atoms with E-state index in [1.807, 2.05) is 0 Å². The summed E-state index contributed by atoms with van der Waals surface area (Å²) in [7, 11) is 1.74. The van der Waals surface area contributed by atoms with Crippen molar-refractivity contribution in [1.82, 2.24) is 20.1 Å². The summed E-state index contributed by atoms with van der Waals surface area (Å²) in [5, 5.41) is 19.4. The maximum Gasteiger partial charge on any atom is 0.255 e. The molecule has 1 aromatic heterocycles. The summed E-state index contributed by atoms with van der Waals surface area (Å²) in [4.78, 5) is 11.7. The predicted molar refractivity (Wildman–Crippen MR) is 60.2 cm³/mol. The van der Waals surface area contributed by atoms with Crippen LogP contribution in [0.1, 0.15) is 16.2 Å². The van der Waals surface area contributed by atoms with Crippen molar-refractivity contribution in [1.29, 1.82) is 0 Å². The molecule has 1 aromatic carbocycles. The number of rotatable bonds is 3. The highest BCUT2D eigenvalue weighted by Gasteiger charge is 2.12. The number of aromatic nitrogens is 3. The molecule has 0 unspecified atom stereocenters. The van der Waals surface area contributed by atoms with Crippen LogP contribution in [0.25, 0.3) is 0 Å². The Morgan fingerprint density at radius 1 is 1.56 bits per heavy atom. The molecule has 0 spiro atoms. The first-order valence-corrected chi connectivity index (χ1v) is 5.17. The largest absolute Gasteiger partial charge is 0.507 e. The number of benzene rings is 1. The van der Waals surface area contributed by atoms with E-state index in [4.69, 9.17) is 0 Å². The third-order valence-electron chi connectivity index (χ3n) is 2.42. The number of carbonyl (C=O) groups excluding carboxylic acids is 1. The van der Waals surface area contributed by atoms with Gasteiger partial charge < -0.3 is 15.0 Å². The Morgan fingerprint density at radius 2 is 2.33 bits per heavy atom. The van der Waals surface area contributed by atoms with Gasteiger partial charge in [0.2, 0.25) is 0 Å². The summed E-state index contributed by atoms with van der Waals surface area (Å²) in [5.41, 5.74) is -0.114. The van der Waals surface area contributed by atoms with Crippen molar-refractivity contribution in [2.45, 2.75) is 6.54 Å². The quantitative estimate of drug-likeness (QED) is 0.835. The number of carbonyl (C=O) groups is 1. The van der Waals surface area contributed by atoms with Crippen LogP contribution in [0.15, 0.2) is 24.5 Å². The molecule has 0 aliphatic carbocycles. The molecule has 2 N–H and O–H groups in total. The van der Waals surface area contributed by atoms with Gasteiger partial charge in [0.05, 0.1) is 12.1 Å². The minimum Gasteiger partial charge on any atom is -0.507 e. The van der Waals surface area contributed by atoms with Gasteiger partial charge in [-0.15, -0.1) is 10.2 Å². The van der Waals surface area contributed by atoms with Crippen LogP contribution in [0.5, 0.6) is 5.75 Å². The second kappa shape index (κ2) is 4.82. The highest BCUT2D eigenvalue weighted by molar-refractivity contribution is 5.96. The molecule has 2 rings (SSSR count). The lowest BCUT2D eigenvalue weighted by atomic mass is 10.2. The average molecular weight is 250 g/mol. The number of halogens is 1. The fraction of sp³-hybridized carbons (Fsp3) is 0.182. The Kier molecular flexibility index (Phi) is 3.22. The number of aromatic hydroxyl groups is 1. The molecule has 6 nitrogen and oxygen atoms in total. The lowest BCUT2D eigenvalue weighted by molar-refractivity contribution is 0.0946. The van der Waals surface area contributed by atoms with E-state index in [0.717, 1.165) is 18.2 Å². The number of hydrogen-bond donors (Lipinski definition) is 2. The molecule has 1 amide bonds. The summed E-state index contributed by atoms with van der Waals surface area (Å²) in [6.07, 6.45) is 1.50. The molecular formula is C11H11FN4O2. The van der Waals surface area contributed by atoms with Crippen LogP contribution >= 0.6 is 0 Å². The summed E-state index contributed by atoms with van der Waals surface area (Å²) in [6.45, 7) is 0.144. The van der Waals surface area contributed by atoms with Gasteiger partial charge in [-0.1, -0.05) is 0 Å². The zero-order chi connectivity index (χ0) is 13.1. The van der Waals surface area contributed by atoms with Gasteiger partial charge >= 0.3 is 0 Å². The van der Waals surface area contributed by atoms with Gasteiger partial charge in [-0.05, 0) is 18.2 Å². The molecule has 94 valence electrons. The van der Waals surface area contributed by atoms with Crippen LogP contribution in [0.4, 0.5) is 4.39 Å². The van der Waals surface area contributed by atoms with Crippen molar-refractivity contribution in [2.75, 3.05) is 0 Å². The first-order valence-electron chi connectivity index (χ1n) is 5.17. The molecule has 0 aliphatic rings. The second-order valence-electron chi connectivity index (χ2n) is 3.70. The molecule has 7 heteroatoms. The third-order valence-corrected chi connectivity index (χ3v) is 2.42. The fourth-order valence-electron chi connectivity index (χ4n) is 1.41. The van der Waals surface area contributed by atoms with Crippen LogP contribution < -0.4 is 5.32 Å². The molecule has 0 atom stereocenters. The number of nitrogens with zero attached hydrogens (tertiary/aromatic N) is 3. The van der Waals surface area contributed by atoms with E-state index in [1.165, 1.54) is 6.33 Å². The number of hydrogen-bond acceptors (Lipinski definition) is 4. The number of amides is 1. The SMILES string of the molecule is Cn1cnnc1CNC(=O)c1cc(F)ccc1O. The Morgan fingerprint density at radius 3 is 3.00 bits per heavy atom. The van der Waals surface area contributed by atoms with E-state index in [-0.39, 0.29) is 17.9 Å². The van der Waals surface area contributed by atoms with E-state index in [9.17, 15) is 14.3 Å². The predicted octanol–water partition coefficient (Wildman–Crippen LogP) is 0.590. The summed E-state index contributed by atoms with van der Waals surface area (Å²) in [5.74, 6) is -0.877. The molecular weight excluding hydrogens is 239 g/mol. The van der Waals surface area contributed by atoms with Crippen molar-refractivity contribution >= 4 is 5.91 Å². The second-order valence-corrected chi connectivity index (χ2v) is 3.70. The Labute approximate surface area is 102 Å². The number of phenols is 1. The molecule has 18 heavy (non-hydrogen) atoms. The van der Waals surface area contributed by atoms with E-state index >= 15 is 0 Å². The standard InChI is InChI=1S/C11H11FN4O2/c1-16-6-14-15-10(16)5-13-11(18)8-4-7(12)2-3-9(8)17/h2-4,6,17H,5H2,1H3,(H,13,18). The van der Waals surface area contributed by atoms with Gasteiger partial charge in [-0.25, -0.2) is 4.39 Å². The third kappa shape index (κ3) is 2.45. The molecule has 0 bridgehead atoms. The zero-order valence-corrected chi connectivity index (χ0v) is 9.59. The first kappa shape index (κ1) is 12.0. The van der Waals surface area contributed by atoms with Crippen molar-refractivity contribution in [2.24, 2.45) is 7.05 Å². The van der Waals surface area contributed by atoms with Gasteiger partial charge in [0.15, 0.2) is 5.82 Å². The van der Waals surface area contributed by atoms with Gasteiger partial charge in [0, 0.05) is 7.05 Å². The van der Waals surface area contributed by atoms with Crippen molar-refractivity contribution < 1.29 is 14.3 Å². The monoisotopic (exact) mass is 250 g/mol. The molecule has 0 saturated carbocycles. The molecule has 0 fully saturated rings. The fourth-order valence-corrected chi connectivity index (χ4v) is 1.41. The normalized spacial score (nSPS) is 10.3. The average Bonchev–Trinajstić information content (AvgIpc) is 2.75. The van der Waals surface area contributed by atoms with E-state index < -0.39 is 11.7 Å². The Bertz CT molecular complexity index is 582. The smallest absolute Gasteiger partial charge is 0.255 e. The Hall–Kier alpha value is -2.44. The summed E-state index contributed by atoms with van der Waals surface area (Å²) in [6, 6.07) is 3.18. The topological polar surface area (TPSA) is 80.0 Å². The van der Waals surface area contributed by atoms with E-state index in [2.05, 4.69) is 15.5 Å². The zero-order valence-electron chi connectivity index (χ0n) is 9.59. The van der Waals surface area contributed by atoms with Gasteiger partial charge in [0.1, 0.15) is 17.9 Å². The summed E-state index contributed by atoms with van der Waals surface area (Å²) >= 11 is 0.